The van der Waals surface area contributed by atoms with Crippen molar-refractivity contribution < 1.29 is 4.79 Å². The number of thioether (sulfide) groups is 1. The molecular weight excluding hydrogens is 244 g/mol. The zero-order valence-electron chi connectivity index (χ0n) is 10.9. The van der Waals surface area contributed by atoms with Crippen molar-refractivity contribution in [3.8, 4) is 0 Å². The van der Waals surface area contributed by atoms with Crippen molar-refractivity contribution in [3.63, 3.8) is 0 Å². The normalized spacial score (nSPS) is 21.8. The molecule has 0 saturated carbocycles. The Morgan fingerprint density at radius 1 is 1.56 bits per heavy atom. The van der Waals surface area contributed by atoms with E-state index >= 15 is 0 Å². The molecule has 1 aromatic rings. The molecule has 98 valence electrons. The lowest BCUT2D eigenvalue weighted by Crippen LogP contribution is -2.52. The van der Waals surface area contributed by atoms with E-state index < -0.39 is 5.54 Å². The molecule has 1 aromatic carbocycles. The van der Waals surface area contributed by atoms with Crippen LogP contribution in [0.1, 0.15) is 38.3 Å². The number of nitrogens with one attached hydrogen (secondary N) is 1. The van der Waals surface area contributed by atoms with Crippen molar-refractivity contribution >= 4 is 17.7 Å². The SMILES string of the molecule is CCC(C)(N)C(=O)NC1CCSc2ccccc21. The van der Waals surface area contributed by atoms with Crippen LogP contribution in [0, 0.1) is 0 Å². The number of carbonyl (C=O) groups is 1. The van der Waals surface area contributed by atoms with Crippen LogP contribution in [0.5, 0.6) is 0 Å². The Kier molecular flexibility index (Phi) is 3.97. The third kappa shape index (κ3) is 2.70. The number of hydrogen-bond acceptors (Lipinski definition) is 3. The third-order valence-corrected chi connectivity index (χ3v) is 4.64. The zero-order valence-corrected chi connectivity index (χ0v) is 11.7. The van der Waals surface area contributed by atoms with Crippen molar-refractivity contribution in [1.82, 2.24) is 5.32 Å². The molecule has 0 saturated heterocycles. The van der Waals surface area contributed by atoms with Gasteiger partial charge in [0.2, 0.25) is 5.91 Å². The molecule has 3 nitrogen and oxygen atoms in total. The number of hydrogen-bond donors (Lipinski definition) is 2. The van der Waals surface area contributed by atoms with Crippen LogP contribution in [-0.4, -0.2) is 17.2 Å². The maximum absolute atomic E-state index is 12.1. The molecule has 0 fully saturated rings. The number of fused-ring (bicyclic) bond motifs is 1. The predicted octanol–water partition coefficient (Wildman–Crippen LogP) is 2.47. The fourth-order valence-electron chi connectivity index (χ4n) is 1.98. The van der Waals surface area contributed by atoms with E-state index in [0.717, 1.165) is 12.2 Å². The maximum atomic E-state index is 12.1. The minimum atomic E-state index is -0.778. The predicted molar refractivity (Wildman–Crippen MR) is 75.6 cm³/mol. The van der Waals surface area contributed by atoms with E-state index in [9.17, 15) is 4.79 Å². The van der Waals surface area contributed by atoms with E-state index in [4.69, 9.17) is 5.73 Å². The second kappa shape index (κ2) is 5.33. The average Bonchev–Trinajstić information content (AvgIpc) is 2.39. The molecule has 0 radical (unpaired) electrons. The fourth-order valence-corrected chi connectivity index (χ4v) is 3.10. The Bertz CT molecular complexity index is 445. The van der Waals surface area contributed by atoms with Gasteiger partial charge in [-0.3, -0.25) is 4.79 Å². The van der Waals surface area contributed by atoms with Gasteiger partial charge in [0.25, 0.3) is 0 Å². The van der Waals surface area contributed by atoms with Crippen molar-refractivity contribution in [2.24, 2.45) is 5.73 Å². The highest BCUT2D eigenvalue weighted by molar-refractivity contribution is 7.99. The summed E-state index contributed by atoms with van der Waals surface area (Å²) in [7, 11) is 0. The molecule has 0 aliphatic carbocycles. The Morgan fingerprint density at radius 3 is 3.00 bits per heavy atom. The van der Waals surface area contributed by atoms with E-state index in [1.54, 1.807) is 6.92 Å². The number of rotatable bonds is 3. The van der Waals surface area contributed by atoms with Gasteiger partial charge in [-0.15, -0.1) is 11.8 Å². The molecule has 0 aromatic heterocycles. The first-order chi connectivity index (χ1) is 8.54. The van der Waals surface area contributed by atoms with Gasteiger partial charge in [0.1, 0.15) is 0 Å². The molecule has 2 unspecified atom stereocenters. The van der Waals surface area contributed by atoms with Crippen molar-refractivity contribution in [1.29, 1.82) is 0 Å². The smallest absolute Gasteiger partial charge is 0.240 e. The Morgan fingerprint density at radius 2 is 2.28 bits per heavy atom. The number of nitrogens with two attached hydrogens (primary N) is 1. The summed E-state index contributed by atoms with van der Waals surface area (Å²) in [4.78, 5) is 13.4. The van der Waals surface area contributed by atoms with Crippen LogP contribution in [0.25, 0.3) is 0 Å². The van der Waals surface area contributed by atoms with Gasteiger partial charge in [0.15, 0.2) is 0 Å². The fraction of sp³-hybridized carbons (Fsp3) is 0.500. The van der Waals surface area contributed by atoms with Crippen LogP contribution >= 0.6 is 11.8 Å². The van der Waals surface area contributed by atoms with Crippen LogP contribution in [0.3, 0.4) is 0 Å². The number of amides is 1. The zero-order chi connectivity index (χ0) is 13.2. The van der Waals surface area contributed by atoms with Gasteiger partial charge in [-0.2, -0.15) is 0 Å². The molecule has 1 heterocycles. The molecule has 4 heteroatoms. The molecule has 0 spiro atoms. The van der Waals surface area contributed by atoms with E-state index in [1.165, 1.54) is 10.5 Å². The Labute approximate surface area is 113 Å². The summed E-state index contributed by atoms with van der Waals surface area (Å²) in [5.74, 6) is 0.978. The molecule has 2 rings (SSSR count). The minimum absolute atomic E-state index is 0.0586. The van der Waals surface area contributed by atoms with Crippen molar-refractivity contribution in [2.45, 2.75) is 43.2 Å². The average molecular weight is 264 g/mol. The number of benzene rings is 1. The molecule has 1 amide bonds. The molecular formula is C14H20N2OS. The summed E-state index contributed by atoms with van der Waals surface area (Å²) in [5, 5.41) is 3.09. The van der Waals surface area contributed by atoms with Crippen molar-refractivity contribution in [3.05, 3.63) is 29.8 Å². The van der Waals surface area contributed by atoms with E-state index in [0.29, 0.717) is 6.42 Å². The lowest BCUT2D eigenvalue weighted by molar-refractivity contribution is -0.126. The minimum Gasteiger partial charge on any atom is -0.348 e. The highest BCUT2D eigenvalue weighted by atomic mass is 32.2. The largest absolute Gasteiger partial charge is 0.348 e. The quantitative estimate of drug-likeness (QED) is 0.882. The highest BCUT2D eigenvalue weighted by Crippen LogP contribution is 2.35. The summed E-state index contributed by atoms with van der Waals surface area (Å²) in [6, 6.07) is 8.36. The van der Waals surface area contributed by atoms with E-state index in [2.05, 4.69) is 17.4 Å². The molecule has 3 N–H and O–H groups in total. The first kappa shape index (κ1) is 13.4. The van der Waals surface area contributed by atoms with Crippen LogP contribution in [0.15, 0.2) is 29.2 Å². The van der Waals surface area contributed by atoms with Gasteiger partial charge in [0, 0.05) is 10.6 Å². The third-order valence-electron chi connectivity index (χ3n) is 3.52. The van der Waals surface area contributed by atoms with Gasteiger partial charge in [0.05, 0.1) is 11.6 Å². The van der Waals surface area contributed by atoms with Gasteiger partial charge < -0.3 is 11.1 Å². The topological polar surface area (TPSA) is 55.1 Å². The van der Waals surface area contributed by atoms with Gasteiger partial charge in [-0.05, 0) is 31.4 Å². The summed E-state index contributed by atoms with van der Waals surface area (Å²) < 4.78 is 0. The van der Waals surface area contributed by atoms with Crippen LogP contribution in [0.2, 0.25) is 0 Å². The van der Waals surface area contributed by atoms with Crippen LogP contribution < -0.4 is 11.1 Å². The van der Waals surface area contributed by atoms with Crippen molar-refractivity contribution in [2.75, 3.05) is 5.75 Å². The first-order valence-electron chi connectivity index (χ1n) is 6.36. The number of carbonyl (C=O) groups excluding carboxylic acids is 1. The van der Waals surface area contributed by atoms with Crippen LogP contribution in [0.4, 0.5) is 0 Å². The highest BCUT2D eigenvalue weighted by Gasteiger charge is 2.30. The summed E-state index contributed by atoms with van der Waals surface area (Å²) in [5.41, 5.74) is 6.42. The monoisotopic (exact) mass is 264 g/mol. The lowest BCUT2D eigenvalue weighted by atomic mass is 9.97. The van der Waals surface area contributed by atoms with Gasteiger partial charge in [-0.1, -0.05) is 25.1 Å². The second-order valence-corrected chi connectivity index (χ2v) is 6.11. The molecule has 0 bridgehead atoms. The summed E-state index contributed by atoms with van der Waals surface area (Å²) >= 11 is 1.85. The summed E-state index contributed by atoms with van der Waals surface area (Å²) in [6.45, 7) is 3.72. The molecule has 2 atom stereocenters. The lowest BCUT2D eigenvalue weighted by Gasteiger charge is -2.30. The molecule has 18 heavy (non-hydrogen) atoms. The Hall–Kier alpha value is -1.00. The van der Waals surface area contributed by atoms with E-state index in [-0.39, 0.29) is 11.9 Å². The van der Waals surface area contributed by atoms with E-state index in [1.807, 2.05) is 30.8 Å². The Balaban J connectivity index is 2.15. The standard InChI is InChI=1S/C14H20N2OS/c1-3-14(2,15)13(17)16-11-8-9-18-12-7-5-4-6-10(11)12/h4-7,11H,3,8-9,15H2,1-2H3,(H,16,17). The molecule has 1 aliphatic heterocycles. The maximum Gasteiger partial charge on any atom is 0.240 e. The van der Waals surface area contributed by atoms with Crippen LogP contribution in [-0.2, 0) is 4.79 Å². The first-order valence-corrected chi connectivity index (χ1v) is 7.34. The van der Waals surface area contributed by atoms with Gasteiger partial charge >= 0.3 is 0 Å². The summed E-state index contributed by atoms with van der Waals surface area (Å²) in [6.07, 6.45) is 1.61. The van der Waals surface area contributed by atoms with Gasteiger partial charge in [-0.25, -0.2) is 0 Å². The molecule has 1 aliphatic rings. The second-order valence-electron chi connectivity index (χ2n) is 4.97.